The van der Waals surface area contributed by atoms with Crippen LogP contribution in [0.3, 0.4) is 0 Å². The van der Waals surface area contributed by atoms with Gasteiger partial charge in [-0.3, -0.25) is 14.5 Å². The zero-order valence-corrected chi connectivity index (χ0v) is 17.9. The molecular weight excluding hydrogens is 410 g/mol. The van der Waals surface area contributed by atoms with E-state index in [0.717, 1.165) is 36.9 Å². The Kier molecular flexibility index (Phi) is 6.65. The molecule has 1 N–H and O–H groups in total. The van der Waals surface area contributed by atoms with Gasteiger partial charge in [0.05, 0.1) is 22.9 Å². The van der Waals surface area contributed by atoms with Gasteiger partial charge in [-0.1, -0.05) is 66.2 Å². The van der Waals surface area contributed by atoms with E-state index in [9.17, 15) is 9.59 Å². The van der Waals surface area contributed by atoms with Gasteiger partial charge in [0.25, 0.3) is 0 Å². The highest BCUT2D eigenvalue weighted by atomic mass is 35.5. The summed E-state index contributed by atoms with van der Waals surface area (Å²) in [5, 5.41) is 3.67. The summed E-state index contributed by atoms with van der Waals surface area (Å²) in [6, 6.07) is 24.0. The molecule has 31 heavy (non-hydrogen) atoms. The number of nitrogens with zero attached hydrogens (tertiary/aromatic N) is 2. The number of carbonyl (C=O) groups is 2. The highest BCUT2D eigenvalue weighted by Crippen LogP contribution is 2.26. The summed E-state index contributed by atoms with van der Waals surface area (Å²) >= 11 is 6.31. The summed E-state index contributed by atoms with van der Waals surface area (Å²) in [4.78, 5) is 29.9. The monoisotopic (exact) mass is 433 g/mol. The third kappa shape index (κ3) is 5.13. The van der Waals surface area contributed by atoms with Gasteiger partial charge in [0.2, 0.25) is 5.91 Å². The fraction of sp³-hybridized carbons (Fsp3) is 0.200. The maximum atomic E-state index is 12.9. The number of hydrogen-bond donors (Lipinski definition) is 1. The van der Waals surface area contributed by atoms with Crippen LogP contribution in [0.2, 0.25) is 5.02 Å². The Morgan fingerprint density at radius 2 is 1.45 bits per heavy atom. The van der Waals surface area contributed by atoms with Crippen molar-refractivity contribution in [3.8, 4) is 0 Å². The van der Waals surface area contributed by atoms with E-state index < -0.39 is 0 Å². The predicted octanol–water partition coefficient (Wildman–Crippen LogP) is 4.33. The minimum atomic E-state index is -0.125. The van der Waals surface area contributed by atoms with Crippen LogP contribution in [0.1, 0.15) is 15.9 Å². The van der Waals surface area contributed by atoms with Crippen molar-refractivity contribution in [3.63, 3.8) is 0 Å². The molecule has 4 rings (SSSR count). The molecule has 0 radical (unpaired) electrons. The third-order valence-electron chi connectivity index (χ3n) is 5.41. The first-order valence-corrected chi connectivity index (χ1v) is 10.7. The molecule has 0 atom stereocenters. The van der Waals surface area contributed by atoms with Crippen LogP contribution in [-0.4, -0.2) is 49.3 Å². The number of benzene rings is 3. The van der Waals surface area contributed by atoms with Crippen molar-refractivity contribution in [3.05, 3.63) is 95.0 Å². The van der Waals surface area contributed by atoms with E-state index in [1.807, 2.05) is 48.5 Å². The van der Waals surface area contributed by atoms with Crippen LogP contribution in [0.4, 0.5) is 11.4 Å². The quantitative estimate of drug-likeness (QED) is 0.588. The molecule has 6 heteroatoms. The second-order valence-electron chi connectivity index (χ2n) is 7.50. The zero-order chi connectivity index (χ0) is 21.6. The largest absolute Gasteiger partial charge is 0.368 e. The van der Waals surface area contributed by atoms with Gasteiger partial charge in [0, 0.05) is 37.3 Å². The molecular formula is C25H24ClN3O2. The van der Waals surface area contributed by atoms with Crippen LogP contribution >= 0.6 is 11.6 Å². The van der Waals surface area contributed by atoms with Crippen molar-refractivity contribution in [1.29, 1.82) is 0 Å². The van der Waals surface area contributed by atoms with Crippen LogP contribution in [-0.2, 0) is 4.79 Å². The molecule has 1 heterocycles. The summed E-state index contributed by atoms with van der Waals surface area (Å²) in [5.74, 6) is -0.232. The minimum absolute atomic E-state index is 0.107. The van der Waals surface area contributed by atoms with E-state index in [-0.39, 0.29) is 18.2 Å². The van der Waals surface area contributed by atoms with Gasteiger partial charge in [0.15, 0.2) is 5.78 Å². The molecule has 0 aliphatic carbocycles. The molecule has 1 aliphatic heterocycles. The van der Waals surface area contributed by atoms with Gasteiger partial charge < -0.3 is 10.2 Å². The third-order valence-corrected chi connectivity index (χ3v) is 5.73. The van der Waals surface area contributed by atoms with Crippen LogP contribution in [0, 0.1) is 0 Å². The Bertz CT molecular complexity index is 1060. The first kappa shape index (κ1) is 21.1. The molecule has 1 amide bonds. The average Bonchev–Trinajstić information content (AvgIpc) is 2.80. The van der Waals surface area contributed by atoms with Crippen LogP contribution < -0.4 is 10.2 Å². The minimum Gasteiger partial charge on any atom is -0.368 e. The second-order valence-corrected chi connectivity index (χ2v) is 7.91. The molecule has 5 nitrogen and oxygen atoms in total. The first-order chi connectivity index (χ1) is 15.1. The summed E-state index contributed by atoms with van der Waals surface area (Å²) in [5.41, 5.74) is 2.66. The van der Waals surface area contributed by atoms with E-state index in [2.05, 4.69) is 15.1 Å². The number of nitrogens with one attached hydrogen (secondary N) is 1. The number of halogens is 1. The van der Waals surface area contributed by atoms with E-state index in [0.29, 0.717) is 16.8 Å². The summed E-state index contributed by atoms with van der Waals surface area (Å²) in [7, 11) is 0. The molecule has 158 valence electrons. The Labute approximate surface area is 187 Å². The highest BCUT2D eigenvalue weighted by molar-refractivity contribution is 6.33. The Morgan fingerprint density at radius 3 is 2.19 bits per heavy atom. The lowest BCUT2D eigenvalue weighted by Gasteiger charge is -2.36. The molecule has 3 aromatic carbocycles. The number of para-hydroxylation sites is 2. The van der Waals surface area contributed by atoms with Gasteiger partial charge in [-0.25, -0.2) is 0 Å². The fourth-order valence-electron chi connectivity index (χ4n) is 3.78. The van der Waals surface area contributed by atoms with Crippen molar-refractivity contribution < 1.29 is 9.59 Å². The maximum Gasteiger partial charge on any atom is 0.238 e. The molecule has 0 bridgehead atoms. The zero-order valence-electron chi connectivity index (χ0n) is 17.1. The van der Waals surface area contributed by atoms with Gasteiger partial charge in [-0.05, 0) is 24.3 Å². The van der Waals surface area contributed by atoms with Crippen molar-refractivity contribution in [2.75, 3.05) is 42.9 Å². The Hall–Kier alpha value is -3.15. The average molecular weight is 434 g/mol. The molecule has 0 aromatic heterocycles. The number of ketones is 1. The first-order valence-electron chi connectivity index (χ1n) is 10.3. The van der Waals surface area contributed by atoms with Gasteiger partial charge >= 0.3 is 0 Å². The number of piperazine rings is 1. The molecule has 1 saturated heterocycles. The second kappa shape index (κ2) is 9.77. The van der Waals surface area contributed by atoms with Crippen LogP contribution in [0.25, 0.3) is 0 Å². The lowest BCUT2D eigenvalue weighted by atomic mass is 10.0. The molecule has 0 spiro atoms. The standard InChI is InChI=1S/C25H24ClN3O2/c26-21-11-5-7-13-23(21)29-16-14-28(15-17-29)18-24(30)27-22-12-6-4-10-20(22)25(31)19-8-2-1-3-9-19/h1-13H,14-18H2,(H,27,30). The van der Waals surface area contributed by atoms with E-state index in [1.165, 1.54) is 0 Å². The van der Waals surface area contributed by atoms with Gasteiger partial charge in [0.1, 0.15) is 0 Å². The topological polar surface area (TPSA) is 52.7 Å². The lowest BCUT2D eigenvalue weighted by molar-refractivity contribution is -0.117. The van der Waals surface area contributed by atoms with Crippen molar-refractivity contribution in [1.82, 2.24) is 4.90 Å². The van der Waals surface area contributed by atoms with E-state index in [1.54, 1.807) is 30.3 Å². The van der Waals surface area contributed by atoms with Crippen molar-refractivity contribution >= 4 is 34.7 Å². The smallest absolute Gasteiger partial charge is 0.238 e. The Morgan fingerprint density at radius 1 is 0.806 bits per heavy atom. The maximum absolute atomic E-state index is 12.9. The highest BCUT2D eigenvalue weighted by Gasteiger charge is 2.21. The number of anilines is 2. The molecule has 0 unspecified atom stereocenters. The summed E-state index contributed by atoms with van der Waals surface area (Å²) < 4.78 is 0. The lowest BCUT2D eigenvalue weighted by Crippen LogP contribution is -2.48. The van der Waals surface area contributed by atoms with E-state index >= 15 is 0 Å². The van der Waals surface area contributed by atoms with Gasteiger partial charge in [-0.2, -0.15) is 0 Å². The molecule has 3 aromatic rings. The predicted molar refractivity (Wildman–Crippen MR) is 125 cm³/mol. The summed E-state index contributed by atoms with van der Waals surface area (Å²) in [6.07, 6.45) is 0. The van der Waals surface area contributed by atoms with Crippen molar-refractivity contribution in [2.24, 2.45) is 0 Å². The number of rotatable bonds is 6. The number of carbonyl (C=O) groups excluding carboxylic acids is 2. The molecule has 0 saturated carbocycles. The van der Waals surface area contributed by atoms with Crippen LogP contribution in [0.15, 0.2) is 78.9 Å². The van der Waals surface area contributed by atoms with Gasteiger partial charge in [-0.15, -0.1) is 0 Å². The SMILES string of the molecule is O=C(CN1CCN(c2ccccc2Cl)CC1)Nc1ccccc1C(=O)c1ccccc1. The van der Waals surface area contributed by atoms with Crippen LogP contribution in [0.5, 0.6) is 0 Å². The van der Waals surface area contributed by atoms with Crippen molar-refractivity contribution in [2.45, 2.75) is 0 Å². The summed E-state index contributed by atoms with van der Waals surface area (Å²) in [6.45, 7) is 3.43. The Balaban J connectivity index is 1.36. The van der Waals surface area contributed by atoms with E-state index in [4.69, 9.17) is 11.6 Å². The molecule has 1 fully saturated rings. The number of hydrogen-bond acceptors (Lipinski definition) is 4. The normalized spacial score (nSPS) is 14.3. The fourth-order valence-corrected chi connectivity index (χ4v) is 4.04. The number of amides is 1. The molecule has 1 aliphatic rings.